The van der Waals surface area contributed by atoms with Crippen LogP contribution in [0.5, 0.6) is 0 Å². The molecule has 1 aromatic carbocycles. The highest BCUT2D eigenvalue weighted by Crippen LogP contribution is 2.26. The van der Waals surface area contributed by atoms with Crippen molar-refractivity contribution < 1.29 is 19.1 Å². The zero-order valence-corrected chi connectivity index (χ0v) is 18.3. The number of urea groups is 1. The fourth-order valence-electron chi connectivity index (χ4n) is 3.56. The number of carbonyl (C=O) groups excluding carboxylic acids is 2. The lowest BCUT2D eigenvalue weighted by Gasteiger charge is -2.17. The van der Waals surface area contributed by atoms with E-state index in [0.717, 1.165) is 23.1 Å². The van der Waals surface area contributed by atoms with Gasteiger partial charge < -0.3 is 19.7 Å². The Morgan fingerprint density at radius 3 is 2.73 bits per heavy atom. The van der Waals surface area contributed by atoms with Crippen molar-refractivity contribution in [3.05, 3.63) is 54.9 Å². The third kappa shape index (κ3) is 5.42. The molecule has 10 nitrogen and oxygen atoms in total. The number of aromatic nitrogens is 3. The molecule has 0 unspecified atom stereocenters. The molecule has 170 valence electrons. The fourth-order valence-corrected chi connectivity index (χ4v) is 3.56. The van der Waals surface area contributed by atoms with E-state index in [4.69, 9.17) is 4.74 Å². The number of hydrogen-bond donors (Lipinski definition) is 2. The lowest BCUT2D eigenvalue weighted by Crippen LogP contribution is -2.33. The van der Waals surface area contributed by atoms with E-state index < -0.39 is 6.09 Å². The zero-order valence-electron chi connectivity index (χ0n) is 18.3. The van der Waals surface area contributed by atoms with Crippen LogP contribution in [0, 0.1) is 0 Å². The molecule has 33 heavy (non-hydrogen) atoms. The molecule has 0 aliphatic carbocycles. The zero-order chi connectivity index (χ0) is 23.2. The number of methoxy groups -OCH3 is 2. The highest BCUT2D eigenvalue weighted by molar-refractivity contribution is 5.90. The summed E-state index contributed by atoms with van der Waals surface area (Å²) in [5, 5.41) is 13.8. The average molecular weight is 448 g/mol. The van der Waals surface area contributed by atoms with Crippen LogP contribution in [0.2, 0.25) is 0 Å². The van der Waals surface area contributed by atoms with Gasteiger partial charge in [0, 0.05) is 43.2 Å². The van der Waals surface area contributed by atoms with Crippen LogP contribution in [0.15, 0.2) is 54.9 Å². The molecule has 0 spiro atoms. The minimum absolute atomic E-state index is 0.0802. The maximum Gasteiger partial charge on any atom is 0.412 e. The van der Waals surface area contributed by atoms with E-state index in [1.165, 1.54) is 7.11 Å². The summed E-state index contributed by atoms with van der Waals surface area (Å²) in [5.74, 6) is 0.361. The molecule has 3 aromatic rings. The summed E-state index contributed by atoms with van der Waals surface area (Å²) >= 11 is 0. The molecule has 1 atom stereocenters. The molecular formula is C23H24N6O4. The van der Waals surface area contributed by atoms with Crippen LogP contribution in [-0.4, -0.2) is 65.6 Å². The average Bonchev–Trinajstić information content (AvgIpc) is 3.34. The Bertz CT molecular complexity index is 1160. The van der Waals surface area contributed by atoms with E-state index in [1.54, 1.807) is 30.5 Å². The Morgan fingerprint density at radius 2 is 1.94 bits per heavy atom. The van der Waals surface area contributed by atoms with Gasteiger partial charge in [-0.25, -0.2) is 14.6 Å². The quantitative estimate of drug-likeness (QED) is 0.612. The molecule has 3 heterocycles. The molecule has 1 aliphatic heterocycles. The summed E-state index contributed by atoms with van der Waals surface area (Å²) in [6, 6.07) is 12.7. The summed E-state index contributed by atoms with van der Waals surface area (Å²) in [7, 11) is 2.95. The van der Waals surface area contributed by atoms with Crippen LogP contribution in [0.25, 0.3) is 22.4 Å². The van der Waals surface area contributed by atoms with Crippen LogP contribution in [-0.2, 0) is 9.47 Å². The van der Waals surface area contributed by atoms with Gasteiger partial charge in [0.2, 0.25) is 0 Å². The summed E-state index contributed by atoms with van der Waals surface area (Å²) in [5.41, 5.74) is 3.72. The first-order chi connectivity index (χ1) is 16.1. The Hall–Kier alpha value is -4.05. The number of hydrogen-bond acceptors (Lipinski definition) is 7. The first kappa shape index (κ1) is 22.2. The van der Waals surface area contributed by atoms with Crippen molar-refractivity contribution in [3.63, 3.8) is 0 Å². The normalized spacial score (nSPS) is 15.2. The number of nitrogens with one attached hydrogen (secondary N) is 2. The van der Waals surface area contributed by atoms with Gasteiger partial charge in [0.05, 0.1) is 25.1 Å². The molecular weight excluding hydrogens is 424 g/mol. The van der Waals surface area contributed by atoms with Crippen molar-refractivity contribution in [1.82, 2.24) is 20.1 Å². The number of likely N-dealkylation sites (tertiary alicyclic amines) is 1. The predicted molar refractivity (Wildman–Crippen MR) is 123 cm³/mol. The van der Waals surface area contributed by atoms with Crippen LogP contribution < -0.4 is 10.6 Å². The highest BCUT2D eigenvalue weighted by atomic mass is 16.5. The van der Waals surface area contributed by atoms with Gasteiger partial charge in [-0.1, -0.05) is 12.1 Å². The Labute approximate surface area is 190 Å². The van der Waals surface area contributed by atoms with E-state index in [0.29, 0.717) is 30.3 Å². The van der Waals surface area contributed by atoms with Gasteiger partial charge in [0.1, 0.15) is 5.82 Å². The lowest BCUT2D eigenvalue weighted by molar-refractivity contribution is 0.111. The second-order valence-corrected chi connectivity index (χ2v) is 7.48. The molecule has 2 aromatic heterocycles. The Morgan fingerprint density at radius 1 is 1.06 bits per heavy atom. The van der Waals surface area contributed by atoms with Crippen molar-refractivity contribution in [2.45, 2.75) is 12.5 Å². The summed E-state index contributed by atoms with van der Waals surface area (Å²) in [6.07, 6.45) is 3.53. The first-order valence-corrected chi connectivity index (χ1v) is 10.4. The minimum atomic E-state index is -0.598. The van der Waals surface area contributed by atoms with Gasteiger partial charge in [-0.15, -0.1) is 0 Å². The van der Waals surface area contributed by atoms with Gasteiger partial charge in [0.15, 0.2) is 0 Å². The number of nitrogens with zero attached hydrogens (tertiary/aromatic N) is 4. The number of pyridine rings is 1. The first-order valence-electron chi connectivity index (χ1n) is 10.4. The van der Waals surface area contributed by atoms with Gasteiger partial charge in [0.25, 0.3) is 0 Å². The molecule has 3 amide bonds. The molecule has 4 rings (SSSR count). The van der Waals surface area contributed by atoms with Crippen molar-refractivity contribution >= 4 is 23.6 Å². The Kier molecular flexibility index (Phi) is 6.75. The van der Waals surface area contributed by atoms with Crippen molar-refractivity contribution in [2.75, 3.05) is 37.9 Å². The summed E-state index contributed by atoms with van der Waals surface area (Å²) in [4.78, 5) is 29.9. The lowest BCUT2D eigenvalue weighted by atomic mass is 10.1. The molecule has 1 saturated heterocycles. The van der Waals surface area contributed by atoms with E-state index in [1.807, 2.05) is 36.4 Å². The molecule has 2 N–H and O–H groups in total. The number of rotatable bonds is 5. The number of ether oxygens (including phenoxy) is 2. The van der Waals surface area contributed by atoms with Crippen LogP contribution in [0.4, 0.5) is 21.1 Å². The van der Waals surface area contributed by atoms with Gasteiger partial charge in [-0.05, 0) is 42.3 Å². The second-order valence-electron chi connectivity index (χ2n) is 7.48. The topological polar surface area (TPSA) is 119 Å². The van der Waals surface area contributed by atoms with Gasteiger partial charge in [-0.2, -0.15) is 10.2 Å². The van der Waals surface area contributed by atoms with E-state index in [-0.39, 0.29) is 12.1 Å². The van der Waals surface area contributed by atoms with Crippen LogP contribution in [0.3, 0.4) is 0 Å². The molecule has 1 fully saturated rings. The van der Waals surface area contributed by atoms with Crippen molar-refractivity contribution in [3.8, 4) is 22.4 Å². The molecule has 0 bridgehead atoms. The third-order valence-corrected chi connectivity index (χ3v) is 5.34. The van der Waals surface area contributed by atoms with E-state index in [9.17, 15) is 9.59 Å². The highest BCUT2D eigenvalue weighted by Gasteiger charge is 2.26. The second kappa shape index (κ2) is 10.0. The summed E-state index contributed by atoms with van der Waals surface area (Å²) < 4.78 is 9.94. The SMILES string of the molecule is COC(=O)Nc1cc(-c2cnnc(-c3cccc(NC(=O)N4CC[C@@H](OC)C4)c3)c2)ccn1. The van der Waals surface area contributed by atoms with E-state index in [2.05, 4.69) is 30.6 Å². The van der Waals surface area contributed by atoms with Crippen LogP contribution >= 0.6 is 0 Å². The van der Waals surface area contributed by atoms with Crippen molar-refractivity contribution in [2.24, 2.45) is 0 Å². The Balaban J connectivity index is 1.52. The number of carbonyl (C=O) groups is 2. The molecule has 0 radical (unpaired) electrons. The third-order valence-electron chi connectivity index (χ3n) is 5.34. The fraction of sp³-hybridized carbons (Fsp3) is 0.261. The maximum atomic E-state index is 12.6. The number of anilines is 2. The standard InChI is InChI=1S/C23H24N6O4/c1-32-19-7-9-29(14-19)22(30)26-18-5-3-4-16(10-18)20-11-17(13-25-28-20)15-6-8-24-21(12-15)27-23(31)33-2/h3-6,8,10-13,19H,7,9,14H2,1-2H3,(H,26,30)(H,24,27,31)/t19-/m1/s1. The maximum absolute atomic E-state index is 12.6. The number of amides is 3. The van der Waals surface area contributed by atoms with Crippen molar-refractivity contribution in [1.29, 1.82) is 0 Å². The monoisotopic (exact) mass is 448 g/mol. The van der Waals surface area contributed by atoms with E-state index >= 15 is 0 Å². The molecule has 1 aliphatic rings. The molecule has 10 heteroatoms. The number of benzene rings is 1. The largest absolute Gasteiger partial charge is 0.453 e. The smallest absolute Gasteiger partial charge is 0.412 e. The summed E-state index contributed by atoms with van der Waals surface area (Å²) in [6.45, 7) is 1.24. The minimum Gasteiger partial charge on any atom is -0.453 e. The predicted octanol–water partition coefficient (Wildman–Crippen LogP) is 3.64. The van der Waals surface area contributed by atoms with Gasteiger partial charge >= 0.3 is 12.1 Å². The molecule has 0 saturated carbocycles. The van der Waals surface area contributed by atoms with Gasteiger partial charge in [-0.3, -0.25) is 5.32 Å². The van der Waals surface area contributed by atoms with Crippen LogP contribution in [0.1, 0.15) is 6.42 Å².